The zero-order valence-electron chi connectivity index (χ0n) is 23.2. The molecule has 44 heavy (non-hydrogen) atoms. The van der Waals surface area contributed by atoms with E-state index in [1.807, 2.05) is 0 Å². The van der Waals surface area contributed by atoms with Crippen LogP contribution in [0.25, 0.3) is 11.1 Å². The Morgan fingerprint density at radius 3 is 2.32 bits per heavy atom. The first kappa shape index (κ1) is 30.6. The zero-order valence-corrected chi connectivity index (χ0v) is 24.0. The molecule has 0 aromatic heterocycles. The molecule has 0 radical (unpaired) electrons. The molecule has 3 N–H and O–H groups in total. The van der Waals surface area contributed by atoms with Gasteiger partial charge in [0.1, 0.15) is 6.04 Å². The highest BCUT2D eigenvalue weighted by Crippen LogP contribution is 2.38. The number of hydrogen-bond acceptors (Lipinski definition) is 5. The summed E-state index contributed by atoms with van der Waals surface area (Å²) >= 11 is 0. The number of para-hydroxylation sites is 2. The van der Waals surface area contributed by atoms with Gasteiger partial charge in [-0.15, -0.1) is 0 Å². The van der Waals surface area contributed by atoms with Gasteiger partial charge in [-0.3, -0.25) is 13.9 Å². The van der Waals surface area contributed by atoms with E-state index in [2.05, 4.69) is 10.6 Å². The second kappa shape index (κ2) is 12.4. The minimum absolute atomic E-state index is 0.0709. The molecule has 0 fully saturated rings. The lowest BCUT2D eigenvalue weighted by Gasteiger charge is -2.26. The average molecular weight is 624 g/mol. The Labute approximate surface area is 252 Å². The first-order chi connectivity index (χ1) is 20.9. The van der Waals surface area contributed by atoms with Crippen LogP contribution in [0.3, 0.4) is 0 Å². The molecule has 8 nitrogen and oxygen atoms in total. The Balaban J connectivity index is 1.38. The van der Waals surface area contributed by atoms with Crippen LogP contribution in [0.5, 0.6) is 0 Å². The van der Waals surface area contributed by atoms with E-state index in [1.54, 1.807) is 48.5 Å². The zero-order chi connectivity index (χ0) is 31.5. The highest BCUT2D eigenvalue weighted by atomic mass is 32.2. The van der Waals surface area contributed by atoms with E-state index in [0.29, 0.717) is 28.1 Å². The fourth-order valence-electron chi connectivity index (χ4n) is 5.11. The van der Waals surface area contributed by atoms with E-state index in [1.165, 1.54) is 36.4 Å². The largest absolute Gasteiger partial charge is 0.481 e. The van der Waals surface area contributed by atoms with E-state index in [9.17, 15) is 31.2 Å². The van der Waals surface area contributed by atoms with E-state index in [4.69, 9.17) is 5.11 Å². The molecule has 1 aliphatic rings. The minimum Gasteiger partial charge on any atom is -0.481 e. The number of rotatable bonds is 10. The molecule has 228 valence electrons. The topological polar surface area (TPSA) is 116 Å². The Bertz CT molecular complexity index is 1790. The minimum atomic E-state index is -4.52. The number of sulfonamides is 1. The number of carbonyl (C=O) groups is 2. The van der Waals surface area contributed by atoms with Gasteiger partial charge in [-0.05, 0) is 58.7 Å². The Hall–Kier alpha value is -4.84. The van der Waals surface area contributed by atoms with Crippen molar-refractivity contribution < 1.29 is 36.3 Å². The van der Waals surface area contributed by atoms with Gasteiger partial charge in [-0.1, -0.05) is 60.7 Å². The molecule has 0 aliphatic carbocycles. The maximum absolute atomic E-state index is 14.0. The molecule has 0 spiro atoms. The molecule has 4 aromatic rings. The normalized spacial score (nSPS) is 14.6. The molecule has 12 heteroatoms. The molecule has 0 unspecified atom stereocenters. The number of aliphatic carboxylic acids is 1. The van der Waals surface area contributed by atoms with Crippen molar-refractivity contribution in [1.29, 1.82) is 0 Å². The first-order valence-corrected chi connectivity index (χ1v) is 15.1. The number of nitrogens with one attached hydrogen (secondary N) is 2. The van der Waals surface area contributed by atoms with Gasteiger partial charge < -0.3 is 15.7 Å². The predicted molar refractivity (Wildman–Crippen MR) is 160 cm³/mol. The third kappa shape index (κ3) is 6.55. The summed E-state index contributed by atoms with van der Waals surface area (Å²) in [6.45, 7) is 0.262. The van der Waals surface area contributed by atoms with Gasteiger partial charge in [0.15, 0.2) is 0 Å². The van der Waals surface area contributed by atoms with Gasteiger partial charge in [0.05, 0.1) is 22.6 Å². The third-order valence-electron chi connectivity index (χ3n) is 7.29. The standard InChI is InChI=1S/C32H28F3N3O5S/c33-32(34,35)25-9-5-8-22(18-25)21-12-14-26(15-13-21)44(42,43)38-28-11-4-2-6-23(28)19-29(38)31(41)37-20-24-7-1-3-10-27(24)36-17-16-30(39)40/h1-15,18,29,36H,16-17,19-20H2,(H,37,41)(H,39,40)/t29-/m0/s1. The number of nitrogens with zero attached hydrogens (tertiary/aromatic N) is 1. The number of benzene rings is 4. The van der Waals surface area contributed by atoms with Gasteiger partial charge >= 0.3 is 12.1 Å². The van der Waals surface area contributed by atoms with Crippen molar-refractivity contribution in [3.63, 3.8) is 0 Å². The van der Waals surface area contributed by atoms with Crippen molar-refractivity contribution in [2.24, 2.45) is 0 Å². The number of fused-ring (bicyclic) bond motifs is 1. The van der Waals surface area contributed by atoms with E-state index in [0.717, 1.165) is 16.4 Å². The molecule has 1 heterocycles. The molecule has 1 amide bonds. The summed E-state index contributed by atoms with van der Waals surface area (Å²) in [5.74, 6) is -1.47. The fraction of sp³-hybridized carbons (Fsp3) is 0.188. The number of carboxylic acid groups (broad SMARTS) is 1. The van der Waals surface area contributed by atoms with Crippen molar-refractivity contribution in [1.82, 2.24) is 5.32 Å². The maximum atomic E-state index is 14.0. The Kier molecular flexibility index (Phi) is 8.63. The van der Waals surface area contributed by atoms with Crippen LogP contribution in [-0.4, -0.2) is 38.0 Å². The van der Waals surface area contributed by atoms with Crippen molar-refractivity contribution in [2.45, 2.75) is 36.5 Å². The molecule has 1 aliphatic heterocycles. The van der Waals surface area contributed by atoms with Crippen LogP contribution in [0.4, 0.5) is 24.5 Å². The summed E-state index contributed by atoms with van der Waals surface area (Å²) in [7, 11) is -4.26. The van der Waals surface area contributed by atoms with Crippen molar-refractivity contribution in [3.8, 4) is 11.1 Å². The van der Waals surface area contributed by atoms with Crippen LogP contribution in [0.15, 0.2) is 102 Å². The lowest BCUT2D eigenvalue weighted by molar-refractivity contribution is -0.138. The van der Waals surface area contributed by atoms with Gasteiger partial charge in [0, 0.05) is 25.2 Å². The van der Waals surface area contributed by atoms with Gasteiger partial charge in [-0.25, -0.2) is 8.42 Å². The summed E-state index contributed by atoms with van der Waals surface area (Å²) in [6, 6.07) is 23.1. The highest BCUT2D eigenvalue weighted by Gasteiger charge is 2.42. The number of carbonyl (C=O) groups excluding carboxylic acids is 1. The summed E-state index contributed by atoms with van der Waals surface area (Å²) in [6.07, 6.45) is -4.46. The van der Waals surface area contributed by atoms with Crippen LogP contribution < -0.4 is 14.9 Å². The third-order valence-corrected chi connectivity index (χ3v) is 9.12. The molecule has 1 atom stereocenters. The van der Waals surface area contributed by atoms with Crippen LogP contribution in [-0.2, 0) is 38.8 Å². The predicted octanol–water partition coefficient (Wildman–Crippen LogP) is 5.70. The van der Waals surface area contributed by atoms with Crippen molar-refractivity contribution >= 4 is 33.3 Å². The number of hydrogen-bond donors (Lipinski definition) is 3. The van der Waals surface area contributed by atoms with Gasteiger partial charge in [0.2, 0.25) is 5.91 Å². The molecule has 0 saturated carbocycles. The number of alkyl halides is 3. The van der Waals surface area contributed by atoms with Crippen LogP contribution in [0, 0.1) is 0 Å². The smallest absolute Gasteiger partial charge is 0.416 e. The van der Waals surface area contributed by atoms with Crippen LogP contribution >= 0.6 is 0 Å². The Morgan fingerprint density at radius 2 is 1.59 bits per heavy atom. The summed E-state index contributed by atoms with van der Waals surface area (Å²) in [5, 5.41) is 14.8. The lowest BCUT2D eigenvalue weighted by atomic mass is 10.0. The number of amides is 1. The van der Waals surface area contributed by atoms with Gasteiger partial charge in [0.25, 0.3) is 10.0 Å². The fourth-order valence-corrected chi connectivity index (χ4v) is 6.76. The average Bonchev–Trinajstić information content (AvgIpc) is 3.41. The number of anilines is 2. The van der Waals surface area contributed by atoms with E-state index < -0.39 is 39.7 Å². The highest BCUT2D eigenvalue weighted by molar-refractivity contribution is 7.93. The van der Waals surface area contributed by atoms with E-state index in [-0.39, 0.29) is 36.4 Å². The molecular weight excluding hydrogens is 595 g/mol. The van der Waals surface area contributed by atoms with E-state index >= 15 is 0 Å². The maximum Gasteiger partial charge on any atom is 0.416 e. The second-order valence-corrected chi connectivity index (χ2v) is 12.0. The Morgan fingerprint density at radius 1 is 0.886 bits per heavy atom. The summed E-state index contributed by atoms with van der Waals surface area (Å²) < 4.78 is 68.7. The van der Waals surface area contributed by atoms with Gasteiger partial charge in [-0.2, -0.15) is 13.2 Å². The number of halogens is 3. The lowest BCUT2D eigenvalue weighted by Crippen LogP contribution is -2.47. The molecule has 5 rings (SSSR count). The van der Waals surface area contributed by atoms with Crippen LogP contribution in [0.1, 0.15) is 23.1 Å². The first-order valence-electron chi connectivity index (χ1n) is 13.7. The molecular formula is C32H28F3N3O5S. The second-order valence-electron chi connectivity index (χ2n) is 10.2. The van der Waals surface area contributed by atoms with Crippen molar-refractivity contribution in [3.05, 3.63) is 114 Å². The summed E-state index contributed by atoms with van der Waals surface area (Å²) in [5.41, 5.74) is 2.26. The molecule has 4 aromatic carbocycles. The van der Waals surface area contributed by atoms with Crippen LogP contribution in [0.2, 0.25) is 0 Å². The monoisotopic (exact) mass is 623 g/mol. The summed E-state index contributed by atoms with van der Waals surface area (Å²) in [4.78, 5) is 24.3. The molecule has 0 bridgehead atoms. The quantitative estimate of drug-likeness (QED) is 0.209. The van der Waals surface area contributed by atoms with Crippen molar-refractivity contribution in [2.75, 3.05) is 16.2 Å². The number of carboxylic acids is 1. The SMILES string of the molecule is O=C(O)CCNc1ccccc1CNC(=O)[C@@H]1Cc2ccccc2N1S(=O)(=O)c1ccc(-c2cccc(C(F)(F)F)c2)cc1. The molecule has 0 saturated heterocycles.